The first-order valence-electron chi connectivity index (χ1n) is 6.59. The van der Waals surface area contributed by atoms with Crippen LogP contribution < -0.4 is 0 Å². The van der Waals surface area contributed by atoms with Crippen molar-refractivity contribution in [1.82, 2.24) is 4.57 Å². The topological polar surface area (TPSA) is 4.93 Å². The number of aromatic nitrogens is 1. The van der Waals surface area contributed by atoms with Gasteiger partial charge >= 0.3 is 6.00 Å². The normalized spacial score (nSPS) is 12.3. The number of halogens is 3. The zero-order valence-corrected chi connectivity index (χ0v) is 14.1. The molecule has 0 unspecified atom stereocenters. The van der Waals surface area contributed by atoms with Crippen molar-refractivity contribution in [2.24, 2.45) is 0 Å². The Morgan fingerprint density at radius 3 is 1.80 bits per heavy atom. The van der Waals surface area contributed by atoms with E-state index < -0.39 is 6.00 Å². The maximum atomic E-state index is 5.97. The van der Waals surface area contributed by atoms with Crippen LogP contribution in [0.1, 0.15) is 6.42 Å². The van der Waals surface area contributed by atoms with E-state index in [1.54, 1.807) is 0 Å². The number of hydrogen-bond donors (Lipinski definition) is 0. The summed E-state index contributed by atoms with van der Waals surface area (Å²) in [7, 11) is 0. The molecule has 0 aliphatic carbocycles. The summed E-state index contributed by atoms with van der Waals surface area (Å²) < 4.78 is 2.33. The van der Waals surface area contributed by atoms with Gasteiger partial charge < -0.3 is 4.57 Å². The molecule has 0 aliphatic heterocycles. The summed E-state index contributed by atoms with van der Waals surface area (Å²) in [5.74, 6) is 0. The summed E-state index contributed by atoms with van der Waals surface area (Å²) in [6, 6.07) is 15.1. The van der Waals surface area contributed by atoms with Gasteiger partial charge in [-0.1, -0.05) is 36.4 Å². The summed E-state index contributed by atoms with van der Waals surface area (Å²) >= 11 is 17.9. The minimum absolute atomic E-state index is 0.693. The summed E-state index contributed by atoms with van der Waals surface area (Å²) in [5, 5.41) is 2.57. The second kappa shape index (κ2) is 5.61. The first-order valence-corrected chi connectivity index (χ1v) is 11.8. The highest BCUT2D eigenvalue weighted by molar-refractivity contribution is 7.64. The highest BCUT2D eigenvalue weighted by Gasteiger charge is 2.24. The van der Waals surface area contributed by atoms with Crippen molar-refractivity contribution in [2.45, 2.75) is 19.0 Å². The van der Waals surface area contributed by atoms with Crippen LogP contribution in [0.2, 0.25) is 6.04 Å². The quantitative estimate of drug-likeness (QED) is 0.414. The molecule has 1 heterocycles. The van der Waals surface area contributed by atoms with Crippen LogP contribution in [0.3, 0.4) is 0 Å². The molecular weight excluding hydrogens is 329 g/mol. The SMILES string of the molecule is Cl[Si](Cl)(Cl)CCCn1c2ccccc2c2ccccc21. The van der Waals surface area contributed by atoms with Gasteiger partial charge in [0.15, 0.2) is 0 Å². The number of fused-ring (bicyclic) bond motifs is 3. The van der Waals surface area contributed by atoms with Crippen LogP contribution in [-0.4, -0.2) is 10.6 Å². The van der Waals surface area contributed by atoms with Gasteiger partial charge in [0.1, 0.15) is 0 Å². The zero-order chi connectivity index (χ0) is 14.2. The summed E-state index contributed by atoms with van der Waals surface area (Å²) in [4.78, 5) is 0. The van der Waals surface area contributed by atoms with Crippen molar-refractivity contribution in [3.8, 4) is 0 Å². The van der Waals surface area contributed by atoms with E-state index in [1.807, 2.05) is 0 Å². The van der Waals surface area contributed by atoms with Gasteiger partial charge in [-0.3, -0.25) is 0 Å². The second-order valence-electron chi connectivity index (χ2n) is 4.90. The molecule has 0 bridgehead atoms. The lowest BCUT2D eigenvalue weighted by Gasteiger charge is -2.10. The Kier molecular flexibility index (Phi) is 4.00. The number of aryl methyl sites for hydroxylation is 1. The van der Waals surface area contributed by atoms with E-state index in [0.29, 0.717) is 6.04 Å². The van der Waals surface area contributed by atoms with Crippen LogP contribution in [0.15, 0.2) is 48.5 Å². The number of para-hydroxylation sites is 2. The Bertz CT molecular complexity index is 692. The molecule has 0 amide bonds. The molecule has 0 fully saturated rings. The Morgan fingerprint density at radius 1 is 0.800 bits per heavy atom. The van der Waals surface area contributed by atoms with Gasteiger partial charge in [-0.25, -0.2) is 0 Å². The predicted molar refractivity (Wildman–Crippen MR) is 92.2 cm³/mol. The summed E-state index contributed by atoms with van der Waals surface area (Å²) in [6.45, 7) is 0.884. The van der Waals surface area contributed by atoms with E-state index >= 15 is 0 Å². The highest BCUT2D eigenvalue weighted by Crippen LogP contribution is 2.31. The number of benzene rings is 2. The average Bonchev–Trinajstić information content (AvgIpc) is 2.73. The third-order valence-corrected chi connectivity index (χ3v) is 6.14. The monoisotopic (exact) mass is 341 g/mol. The van der Waals surface area contributed by atoms with Crippen molar-refractivity contribution >= 4 is 61.0 Å². The lowest BCUT2D eigenvalue weighted by Crippen LogP contribution is -2.10. The molecule has 3 aromatic rings. The van der Waals surface area contributed by atoms with E-state index in [1.165, 1.54) is 21.8 Å². The highest BCUT2D eigenvalue weighted by atomic mass is 35.8. The van der Waals surface area contributed by atoms with Gasteiger partial charge in [-0.15, -0.1) is 33.2 Å². The molecule has 5 heteroatoms. The molecule has 3 rings (SSSR count). The maximum Gasteiger partial charge on any atom is 0.341 e. The number of hydrogen-bond acceptors (Lipinski definition) is 0. The van der Waals surface area contributed by atoms with Crippen LogP contribution in [0.25, 0.3) is 21.8 Å². The Hall–Kier alpha value is -0.673. The molecule has 1 nitrogen and oxygen atoms in total. The molecule has 1 aromatic heterocycles. The Balaban J connectivity index is 2.03. The smallest absolute Gasteiger partial charge is 0.340 e. The van der Waals surface area contributed by atoms with Crippen LogP contribution in [-0.2, 0) is 6.54 Å². The van der Waals surface area contributed by atoms with Crippen LogP contribution in [0.4, 0.5) is 0 Å². The fourth-order valence-electron chi connectivity index (χ4n) is 2.68. The molecule has 0 spiro atoms. The molecule has 0 saturated carbocycles. The zero-order valence-electron chi connectivity index (χ0n) is 10.8. The Labute approximate surface area is 133 Å². The summed E-state index contributed by atoms with van der Waals surface area (Å²) in [6.07, 6.45) is 0.894. The molecule has 104 valence electrons. The van der Waals surface area contributed by atoms with Gasteiger partial charge in [-0.05, 0) is 24.6 Å². The molecule has 2 aromatic carbocycles. The van der Waals surface area contributed by atoms with Crippen LogP contribution >= 0.6 is 33.2 Å². The molecule has 0 saturated heterocycles. The van der Waals surface area contributed by atoms with Gasteiger partial charge in [0.25, 0.3) is 0 Å². The molecule has 0 N–H and O–H groups in total. The molecular formula is C15H14Cl3NSi. The van der Waals surface area contributed by atoms with Crippen molar-refractivity contribution in [1.29, 1.82) is 0 Å². The molecule has 0 atom stereocenters. The van der Waals surface area contributed by atoms with Gasteiger partial charge in [-0.2, -0.15) is 0 Å². The van der Waals surface area contributed by atoms with E-state index in [0.717, 1.165) is 13.0 Å². The van der Waals surface area contributed by atoms with Crippen molar-refractivity contribution in [3.63, 3.8) is 0 Å². The largest absolute Gasteiger partial charge is 0.341 e. The lowest BCUT2D eigenvalue weighted by molar-refractivity contribution is 0.721. The minimum Gasteiger partial charge on any atom is -0.340 e. The van der Waals surface area contributed by atoms with E-state index in [-0.39, 0.29) is 0 Å². The van der Waals surface area contributed by atoms with E-state index in [9.17, 15) is 0 Å². The van der Waals surface area contributed by atoms with Crippen LogP contribution in [0.5, 0.6) is 0 Å². The van der Waals surface area contributed by atoms with Crippen LogP contribution in [0, 0.1) is 0 Å². The maximum absolute atomic E-state index is 5.97. The predicted octanol–water partition coefficient (Wildman–Crippen LogP) is 5.84. The summed E-state index contributed by atoms with van der Waals surface area (Å²) in [5.41, 5.74) is 2.50. The van der Waals surface area contributed by atoms with Crippen molar-refractivity contribution in [3.05, 3.63) is 48.5 Å². The average molecular weight is 343 g/mol. The van der Waals surface area contributed by atoms with Gasteiger partial charge in [0.05, 0.1) is 0 Å². The number of nitrogens with zero attached hydrogens (tertiary/aromatic N) is 1. The first-order chi connectivity index (χ1) is 9.56. The van der Waals surface area contributed by atoms with Crippen molar-refractivity contribution in [2.75, 3.05) is 0 Å². The Morgan fingerprint density at radius 2 is 1.30 bits per heavy atom. The second-order valence-corrected chi connectivity index (χ2v) is 14.2. The lowest BCUT2D eigenvalue weighted by atomic mass is 10.2. The molecule has 0 aliphatic rings. The third-order valence-electron chi connectivity index (χ3n) is 3.52. The molecule has 0 radical (unpaired) electrons. The van der Waals surface area contributed by atoms with Crippen molar-refractivity contribution < 1.29 is 0 Å². The third kappa shape index (κ3) is 2.84. The minimum atomic E-state index is -2.52. The fourth-order valence-corrected chi connectivity index (χ4v) is 4.44. The molecule has 20 heavy (non-hydrogen) atoms. The number of rotatable bonds is 4. The van der Waals surface area contributed by atoms with E-state index in [4.69, 9.17) is 33.2 Å². The standard InChI is InChI=1S/C15H14Cl3NSi/c16-20(17,18)11-5-10-19-14-8-3-1-6-12(14)13-7-2-4-9-15(13)19/h1-4,6-9H,5,10-11H2. The fraction of sp³-hybridized carbons (Fsp3) is 0.200. The first kappa shape index (κ1) is 14.3. The van der Waals surface area contributed by atoms with Gasteiger partial charge in [0, 0.05) is 28.4 Å². The van der Waals surface area contributed by atoms with E-state index in [2.05, 4.69) is 53.1 Å². The van der Waals surface area contributed by atoms with Gasteiger partial charge in [0.2, 0.25) is 0 Å².